The van der Waals surface area contributed by atoms with Crippen molar-refractivity contribution in [3.8, 4) is 5.75 Å². The molecule has 19 heavy (non-hydrogen) atoms. The van der Waals surface area contributed by atoms with Crippen molar-refractivity contribution in [3.63, 3.8) is 0 Å². The first-order chi connectivity index (χ1) is 8.84. The van der Waals surface area contributed by atoms with Gasteiger partial charge in [-0.3, -0.25) is 0 Å². The van der Waals surface area contributed by atoms with Crippen LogP contribution in [0.4, 0.5) is 13.2 Å². The van der Waals surface area contributed by atoms with E-state index in [2.05, 4.69) is 11.7 Å². The topological polar surface area (TPSA) is 35.2 Å². The van der Waals surface area contributed by atoms with E-state index >= 15 is 0 Å². The minimum absolute atomic E-state index is 0.172. The summed E-state index contributed by atoms with van der Waals surface area (Å²) in [6.45, 7) is 2.08. The van der Waals surface area contributed by atoms with E-state index in [1.165, 1.54) is 12.1 Å². The van der Waals surface area contributed by atoms with Gasteiger partial charge in [0, 0.05) is 11.1 Å². The number of para-hydroxylation sites is 1. The maximum atomic E-state index is 12.4. The number of alkyl halides is 3. The average molecular weight is 273 g/mol. The zero-order valence-electron chi connectivity index (χ0n) is 10.8. The summed E-state index contributed by atoms with van der Waals surface area (Å²) in [5.74, 6) is 0.304. The fourth-order valence-electron chi connectivity index (χ4n) is 2.87. The molecule has 2 atom stereocenters. The highest BCUT2D eigenvalue weighted by Gasteiger charge is 2.40. The summed E-state index contributed by atoms with van der Waals surface area (Å²) in [5, 5.41) is 0. The van der Waals surface area contributed by atoms with E-state index < -0.39 is 11.9 Å². The molecule has 2 rings (SSSR count). The Morgan fingerprint density at radius 2 is 2.05 bits per heavy atom. The molecule has 0 bridgehead atoms. The number of rotatable bonds is 3. The van der Waals surface area contributed by atoms with Gasteiger partial charge in [0.25, 0.3) is 0 Å². The summed E-state index contributed by atoms with van der Waals surface area (Å²) < 4.78 is 41.3. The lowest BCUT2D eigenvalue weighted by molar-refractivity contribution is -0.275. The Balaban J connectivity index is 2.30. The summed E-state index contributed by atoms with van der Waals surface area (Å²) >= 11 is 0. The highest BCUT2D eigenvalue weighted by Crippen LogP contribution is 2.45. The van der Waals surface area contributed by atoms with Crippen molar-refractivity contribution >= 4 is 0 Å². The third-order valence-electron chi connectivity index (χ3n) is 3.88. The molecule has 0 aliphatic heterocycles. The van der Waals surface area contributed by atoms with Gasteiger partial charge in [-0.2, -0.15) is 0 Å². The predicted molar refractivity (Wildman–Crippen MR) is 66.6 cm³/mol. The minimum Gasteiger partial charge on any atom is -0.405 e. The van der Waals surface area contributed by atoms with Gasteiger partial charge in [-0.05, 0) is 31.2 Å². The van der Waals surface area contributed by atoms with Gasteiger partial charge in [0.15, 0.2) is 0 Å². The number of ether oxygens (including phenoxy) is 1. The van der Waals surface area contributed by atoms with Gasteiger partial charge in [-0.1, -0.05) is 31.5 Å². The van der Waals surface area contributed by atoms with E-state index in [9.17, 15) is 13.2 Å². The van der Waals surface area contributed by atoms with Gasteiger partial charge in [0.1, 0.15) is 5.75 Å². The third kappa shape index (κ3) is 3.21. The van der Waals surface area contributed by atoms with Crippen LogP contribution in [0, 0.1) is 5.92 Å². The highest BCUT2D eigenvalue weighted by atomic mass is 19.4. The van der Waals surface area contributed by atoms with Gasteiger partial charge in [-0.15, -0.1) is 13.2 Å². The van der Waals surface area contributed by atoms with Crippen molar-refractivity contribution in [2.75, 3.05) is 0 Å². The molecule has 1 aromatic rings. The van der Waals surface area contributed by atoms with Crippen molar-refractivity contribution in [2.24, 2.45) is 11.7 Å². The minimum atomic E-state index is -4.69. The number of nitrogens with two attached hydrogens (primary N) is 1. The molecule has 1 aliphatic carbocycles. The van der Waals surface area contributed by atoms with Crippen LogP contribution < -0.4 is 10.5 Å². The van der Waals surface area contributed by atoms with Gasteiger partial charge in [0.2, 0.25) is 0 Å². The van der Waals surface area contributed by atoms with Crippen LogP contribution in [0.25, 0.3) is 0 Å². The van der Waals surface area contributed by atoms with Gasteiger partial charge in [0.05, 0.1) is 0 Å². The molecule has 0 radical (unpaired) electrons. The SMILES string of the molecule is CCC1CCC(N)(c2ccccc2OC(F)(F)F)C1. The maximum absolute atomic E-state index is 12.4. The molecule has 2 N–H and O–H groups in total. The Bertz CT molecular complexity index is 447. The molecule has 0 aromatic heterocycles. The second-order valence-electron chi connectivity index (χ2n) is 5.22. The number of halogens is 3. The molecule has 106 valence electrons. The van der Waals surface area contributed by atoms with E-state index in [4.69, 9.17) is 5.73 Å². The van der Waals surface area contributed by atoms with Crippen LogP contribution in [-0.2, 0) is 5.54 Å². The van der Waals surface area contributed by atoms with Crippen molar-refractivity contribution in [3.05, 3.63) is 29.8 Å². The fourth-order valence-corrected chi connectivity index (χ4v) is 2.87. The molecule has 2 unspecified atom stereocenters. The predicted octanol–water partition coefficient (Wildman–Crippen LogP) is 3.95. The maximum Gasteiger partial charge on any atom is 0.573 e. The first-order valence-electron chi connectivity index (χ1n) is 6.48. The quantitative estimate of drug-likeness (QED) is 0.905. The summed E-state index contributed by atoms with van der Waals surface area (Å²) in [5.41, 5.74) is 6.07. The number of hydrogen-bond acceptors (Lipinski definition) is 2. The third-order valence-corrected chi connectivity index (χ3v) is 3.88. The second kappa shape index (κ2) is 5.04. The van der Waals surface area contributed by atoms with Gasteiger partial charge < -0.3 is 10.5 Å². The number of hydrogen-bond donors (Lipinski definition) is 1. The van der Waals surface area contributed by atoms with Gasteiger partial charge >= 0.3 is 6.36 Å². The van der Waals surface area contributed by atoms with E-state index in [1.54, 1.807) is 12.1 Å². The standard InChI is InChI=1S/C14H18F3NO/c1-2-10-7-8-13(18,9-10)11-5-3-4-6-12(11)19-14(15,16)17/h3-6,10H,2,7-9,18H2,1H3. The van der Waals surface area contributed by atoms with Gasteiger partial charge in [-0.25, -0.2) is 0 Å². The largest absolute Gasteiger partial charge is 0.573 e. The van der Waals surface area contributed by atoms with E-state index in [1.807, 2.05) is 0 Å². The van der Waals surface area contributed by atoms with Crippen LogP contribution in [0.3, 0.4) is 0 Å². The Morgan fingerprint density at radius 3 is 2.63 bits per heavy atom. The number of benzene rings is 1. The zero-order chi connectivity index (χ0) is 14.1. The highest BCUT2D eigenvalue weighted by molar-refractivity contribution is 5.39. The average Bonchev–Trinajstić information content (AvgIpc) is 2.71. The molecule has 5 heteroatoms. The smallest absolute Gasteiger partial charge is 0.405 e. The Kier molecular flexibility index (Phi) is 3.76. The molecule has 0 amide bonds. The summed E-state index contributed by atoms with van der Waals surface area (Å²) in [7, 11) is 0. The molecule has 1 aliphatic rings. The Hall–Kier alpha value is -1.23. The van der Waals surface area contributed by atoms with Crippen LogP contribution >= 0.6 is 0 Å². The molecule has 0 saturated heterocycles. The monoisotopic (exact) mass is 273 g/mol. The van der Waals surface area contributed by atoms with Crippen molar-refractivity contribution in [1.82, 2.24) is 0 Å². The lowest BCUT2D eigenvalue weighted by Gasteiger charge is -2.27. The zero-order valence-corrected chi connectivity index (χ0v) is 10.8. The normalized spacial score (nSPS) is 27.5. The molecular weight excluding hydrogens is 255 g/mol. The van der Waals surface area contributed by atoms with Crippen molar-refractivity contribution < 1.29 is 17.9 Å². The first kappa shape index (κ1) is 14.2. The van der Waals surface area contributed by atoms with Crippen LogP contribution in [0.5, 0.6) is 5.75 Å². The second-order valence-corrected chi connectivity index (χ2v) is 5.22. The van der Waals surface area contributed by atoms with Crippen LogP contribution in [0.1, 0.15) is 38.2 Å². The lowest BCUT2D eigenvalue weighted by atomic mass is 9.87. The summed E-state index contributed by atoms with van der Waals surface area (Å²) in [6, 6.07) is 6.20. The molecule has 1 fully saturated rings. The van der Waals surface area contributed by atoms with Crippen LogP contribution in [0.2, 0.25) is 0 Å². The molecule has 1 saturated carbocycles. The van der Waals surface area contributed by atoms with Crippen molar-refractivity contribution in [2.45, 2.75) is 44.5 Å². The van der Waals surface area contributed by atoms with Crippen LogP contribution in [-0.4, -0.2) is 6.36 Å². The molecular formula is C14H18F3NO. The fraction of sp³-hybridized carbons (Fsp3) is 0.571. The summed E-state index contributed by atoms with van der Waals surface area (Å²) in [4.78, 5) is 0. The van der Waals surface area contributed by atoms with Crippen molar-refractivity contribution in [1.29, 1.82) is 0 Å². The van der Waals surface area contributed by atoms with E-state index in [-0.39, 0.29) is 5.75 Å². The first-order valence-corrected chi connectivity index (χ1v) is 6.48. The molecule has 0 heterocycles. The summed E-state index contributed by atoms with van der Waals surface area (Å²) in [6.07, 6.45) is -1.32. The Morgan fingerprint density at radius 1 is 1.37 bits per heavy atom. The van der Waals surface area contributed by atoms with E-state index in [0.29, 0.717) is 24.3 Å². The molecule has 1 aromatic carbocycles. The van der Waals surface area contributed by atoms with Crippen LogP contribution in [0.15, 0.2) is 24.3 Å². The molecule has 0 spiro atoms. The Labute approximate surface area is 110 Å². The lowest BCUT2D eigenvalue weighted by Crippen LogP contribution is -2.35. The molecule has 2 nitrogen and oxygen atoms in total. The van der Waals surface area contributed by atoms with E-state index in [0.717, 1.165) is 12.8 Å².